The van der Waals surface area contributed by atoms with Crippen molar-refractivity contribution in [2.75, 3.05) is 0 Å². The highest BCUT2D eigenvalue weighted by Crippen LogP contribution is 2.23. The molecule has 1 aliphatic rings. The lowest BCUT2D eigenvalue weighted by Gasteiger charge is -2.13. The Hall–Kier alpha value is -3.04. The van der Waals surface area contributed by atoms with Crippen molar-refractivity contribution in [2.24, 2.45) is 0 Å². The van der Waals surface area contributed by atoms with E-state index in [-0.39, 0.29) is 5.57 Å². The predicted octanol–water partition coefficient (Wildman–Crippen LogP) is 4.17. The van der Waals surface area contributed by atoms with Crippen LogP contribution in [0.4, 0.5) is 0 Å². The molecular formula is C18H14N2O. The molecule has 0 spiro atoms. The first-order valence-corrected chi connectivity index (χ1v) is 6.50. The van der Waals surface area contributed by atoms with Crippen molar-refractivity contribution in [3.05, 3.63) is 76.3 Å². The number of hydrogen-bond donors (Lipinski definition) is 0. The minimum absolute atomic E-state index is 0.0828. The molecule has 0 saturated heterocycles. The van der Waals surface area contributed by atoms with Gasteiger partial charge in [-0.2, -0.15) is 10.5 Å². The summed E-state index contributed by atoms with van der Waals surface area (Å²) < 4.78 is 5.60. The maximum Gasteiger partial charge on any atom is 0.137 e. The highest BCUT2D eigenvalue weighted by Gasteiger charge is 2.10. The van der Waals surface area contributed by atoms with Gasteiger partial charge in [-0.3, -0.25) is 0 Å². The average Bonchev–Trinajstić information content (AvgIpc) is 2.47. The maximum absolute atomic E-state index is 8.95. The number of nitrogens with zero attached hydrogens (tertiary/aromatic N) is 2. The van der Waals surface area contributed by atoms with Gasteiger partial charge in [0.15, 0.2) is 0 Å². The molecule has 3 nitrogen and oxygen atoms in total. The van der Waals surface area contributed by atoms with Crippen molar-refractivity contribution in [3.8, 4) is 12.1 Å². The molecule has 1 aromatic rings. The third-order valence-corrected chi connectivity index (χ3v) is 3.06. The van der Waals surface area contributed by atoms with E-state index in [1.807, 2.05) is 55.5 Å². The highest BCUT2D eigenvalue weighted by molar-refractivity contribution is 5.58. The van der Waals surface area contributed by atoms with E-state index >= 15 is 0 Å². The maximum atomic E-state index is 8.95. The summed E-state index contributed by atoms with van der Waals surface area (Å²) in [6.07, 6.45) is 7.18. The van der Waals surface area contributed by atoms with E-state index in [1.165, 1.54) is 5.56 Å². The van der Waals surface area contributed by atoms with Gasteiger partial charge >= 0.3 is 0 Å². The fourth-order valence-corrected chi connectivity index (χ4v) is 1.99. The second kappa shape index (κ2) is 6.41. The lowest BCUT2D eigenvalue weighted by Crippen LogP contribution is -1.97. The monoisotopic (exact) mass is 274 g/mol. The van der Waals surface area contributed by atoms with Gasteiger partial charge < -0.3 is 4.74 Å². The molecule has 1 aromatic carbocycles. The van der Waals surface area contributed by atoms with Crippen LogP contribution in [0.3, 0.4) is 0 Å². The van der Waals surface area contributed by atoms with Crippen LogP contribution in [0.2, 0.25) is 0 Å². The lowest BCUT2D eigenvalue weighted by molar-refractivity contribution is 0.318. The van der Waals surface area contributed by atoms with E-state index in [0.29, 0.717) is 17.1 Å². The SMILES string of the molecule is CC1=CC(=C(C#N)C#N)C=C(/C=C/c2ccccc2C)O1. The topological polar surface area (TPSA) is 56.8 Å². The molecule has 0 saturated carbocycles. The van der Waals surface area contributed by atoms with E-state index in [1.54, 1.807) is 19.1 Å². The van der Waals surface area contributed by atoms with Gasteiger partial charge in [-0.1, -0.05) is 30.3 Å². The Balaban J connectivity index is 2.34. The Morgan fingerprint density at radius 3 is 2.43 bits per heavy atom. The number of allylic oxidation sites excluding steroid dienone is 6. The van der Waals surface area contributed by atoms with Gasteiger partial charge in [-0.05, 0) is 43.2 Å². The molecule has 0 aromatic heterocycles. The molecule has 0 bridgehead atoms. The number of ether oxygens (including phenoxy) is 1. The highest BCUT2D eigenvalue weighted by atomic mass is 16.5. The van der Waals surface area contributed by atoms with Crippen molar-refractivity contribution in [1.82, 2.24) is 0 Å². The molecule has 21 heavy (non-hydrogen) atoms. The summed E-state index contributed by atoms with van der Waals surface area (Å²) >= 11 is 0. The van der Waals surface area contributed by atoms with Crippen LogP contribution in [0, 0.1) is 29.6 Å². The van der Waals surface area contributed by atoms with Crippen LogP contribution >= 0.6 is 0 Å². The molecule has 0 fully saturated rings. The van der Waals surface area contributed by atoms with Gasteiger partial charge in [0.05, 0.1) is 0 Å². The van der Waals surface area contributed by atoms with Crippen molar-refractivity contribution in [3.63, 3.8) is 0 Å². The average molecular weight is 274 g/mol. The molecule has 0 unspecified atom stereocenters. The van der Waals surface area contributed by atoms with Crippen LogP contribution in [0.15, 0.2) is 65.2 Å². The molecule has 3 heteroatoms. The van der Waals surface area contributed by atoms with Crippen molar-refractivity contribution < 1.29 is 4.74 Å². The van der Waals surface area contributed by atoms with Crippen molar-refractivity contribution in [2.45, 2.75) is 13.8 Å². The zero-order valence-corrected chi connectivity index (χ0v) is 11.9. The summed E-state index contributed by atoms with van der Waals surface area (Å²) in [7, 11) is 0. The molecule has 0 amide bonds. The predicted molar refractivity (Wildman–Crippen MR) is 81.4 cm³/mol. The van der Waals surface area contributed by atoms with Gasteiger partial charge in [0, 0.05) is 5.57 Å². The summed E-state index contributed by atoms with van der Waals surface area (Å²) in [5.41, 5.74) is 2.93. The van der Waals surface area contributed by atoms with Crippen molar-refractivity contribution >= 4 is 6.08 Å². The van der Waals surface area contributed by atoms with Gasteiger partial charge in [0.25, 0.3) is 0 Å². The summed E-state index contributed by atoms with van der Waals surface area (Å²) in [5.74, 6) is 1.26. The third kappa shape index (κ3) is 3.49. The fraction of sp³-hybridized carbons (Fsp3) is 0.111. The van der Waals surface area contributed by atoms with Crippen LogP contribution in [-0.4, -0.2) is 0 Å². The molecule has 1 aliphatic heterocycles. The fourth-order valence-electron chi connectivity index (χ4n) is 1.99. The largest absolute Gasteiger partial charge is 0.462 e. The molecule has 2 rings (SSSR count). The van der Waals surface area contributed by atoms with E-state index in [2.05, 4.69) is 0 Å². The Morgan fingerprint density at radius 1 is 1.05 bits per heavy atom. The zero-order valence-electron chi connectivity index (χ0n) is 11.9. The van der Waals surface area contributed by atoms with Crippen LogP contribution in [0.1, 0.15) is 18.1 Å². The van der Waals surface area contributed by atoms with E-state index < -0.39 is 0 Å². The number of hydrogen-bond acceptors (Lipinski definition) is 3. The van der Waals surface area contributed by atoms with E-state index in [0.717, 1.165) is 5.56 Å². The molecule has 0 atom stereocenters. The summed E-state index contributed by atoms with van der Waals surface area (Å²) in [4.78, 5) is 0. The first kappa shape index (κ1) is 14.4. The third-order valence-electron chi connectivity index (χ3n) is 3.06. The normalized spacial score (nSPS) is 13.8. The molecule has 0 radical (unpaired) electrons. The van der Waals surface area contributed by atoms with Gasteiger partial charge in [0.1, 0.15) is 29.2 Å². The molecule has 0 N–H and O–H groups in total. The second-order valence-electron chi connectivity index (χ2n) is 4.65. The Morgan fingerprint density at radius 2 is 1.76 bits per heavy atom. The summed E-state index contributed by atoms with van der Waals surface area (Å²) in [6.45, 7) is 3.83. The first-order chi connectivity index (χ1) is 10.1. The number of aryl methyl sites for hydroxylation is 1. The summed E-state index contributed by atoms with van der Waals surface area (Å²) in [6, 6.07) is 11.8. The van der Waals surface area contributed by atoms with Crippen molar-refractivity contribution in [1.29, 1.82) is 10.5 Å². The Kier molecular flexibility index (Phi) is 4.39. The van der Waals surface area contributed by atoms with Gasteiger partial charge in [0.2, 0.25) is 0 Å². The van der Waals surface area contributed by atoms with Crippen LogP contribution in [0.25, 0.3) is 6.08 Å². The summed E-state index contributed by atoms with van der Waals surface area (Å²) in [5, 5.41) is 17.9. The molecular weight excluding hydrogens is 260 g/mol. The van der Waals surface area contributed by atoms with E-state index in [9.17, 15) is 0 Å². The zero-order chi connectivity index (χ0) is 15.2. The molecule has 1 heterocycles. The molecule has 102 valence electrons. The quantitative estimate of drug-likeness (QED) is 0.760. The number of rotatable bonds is 2. The first-order valence-electron chi connectivity index (χ1n) is 6.50. The lowest BCUT2D eigenvalue weighted by atomic mass is 10.1. The van der Waals surface area contributed by atoms with Crippen LogP contribution in [0.5, 0.6) is 0 Å². The Bertz CT molecular complexity index is 749. The standard InChI is InChI=1S/C18H14N2O/c1-13-5-3-4-6-15(13)7-8-18-10-16(9-14(2)21-18)17(11-19)12-20/h3-10H,1-2H3/b8-7+. The molecule has 0 aliphatic carbocycles. The number of nitriles is 2. The van der Waals surface area contributed by atoms with Gasteiger partial charge in [-0.25, -0.2) is 0 Å². The minimum Gasteiger partial charge on any atom is -0.462 e. The van der Waals surface area contributed by atoms with E-state index in [4.69, 9.17) is 15.3 Å². The Labute approximate surface area is 124 Å². The minimum atomic E-state index is 0.0828. The second-order valence-corrected chi connectivity index (χ2v) is 4.65. The number of benzene rings is 1. The van der Waals surface area contributed by atoms with Crippen LogP contribution in [-0.2, 0) is 4.74 Å². The smallest absolute Gasteiger partial charge is 0.137 e. The van der Waals surface area contributed by atoms with Crippen LogP contribution < -0.4 is 0 Å². The van der Waals surface area contributed by atoms with Gasteiger partial charge in [-0.15, -0.1) is 0 Å².